The number of aromatic nitrogens is 1. The molecule has 1 heterocycles. The molecule has 0 unspecified atom stereocenters. The monoisotopic (exact) mass is 351 g/mol. The number of aliphatic carboxylic acids is 1. The Hall–Kier alpha value is -2.75. The van der Waals surface area contributed by atoms with Gasteiger partial charge in [-0.1, -0.05) is 26.0 Å². The van der Waals surface area contributed by atoms with Crippen LogP contribution in [0.2, 0.25) is 0 Å². The zero-order valence-electron chi connectivity index (χ0n) is 15.7. The quantitative estimate of drug-likeness (QED) is 0.597. The first kappa shape index (κ1) is 18.1. The van der Waals surface area contributed by atoms with Crippen molar-refractivity contribution in [3.63, 3.8) is 0 Å². The topological polar surface area (TPSA) is 62.3 Å². The van der Waals surface area contributed by atoms with E-state index in [1.54, 1.807) is 0 Å². The summed E-state index contributed by atoms with van der Waals surface area (Å²) in [4.78, 5) is 14.1. The fraction of sp³-hybridized carbons (Fsp3) is 0.318. The molecule has 4 nitrogen and oxygen atoms in total. The number of hydrogen-bond donors (Lipinski definition) is 2. The standard InChI is InChI=1S/C22H25NO3/c1-13(2)19-12-23-20-7-6-17(11-18(19)20)26-22-14(3)9-16(10-15(22)4)5-8-21(24)25/h6-7,9-13,23H,5,8H2,1-4H3,(H,24,25). The third-order valence-electron chi connectivity index (χ3n) is 4.67. The van der Waals surface area contributed by atoms with E-state index in [0.29, 0.717) is 12.3 Å². The van der Waals surface area contributed by atoms with Crippen molar-refractivity contribution in [3.8, 4) is 11.5 Å². The van der Waals surface area contributed by atoms with Crippen molar-refractivity contribution in [1.82, 2.24) is 4.98 Å². The molecule has 0 aliphatic carbocycles. The molecule has 0 saturated heterocycles. The van der Waals surface area contributed by atoms with Crippen molar-refractivity contribution in [2.24, 2.45) is 0 Å². The molecule has 26 heavy (non-hydrogen) atoms. The highest BCUT2D eigenvalue weighted by molar-refractivity contribution is 5.85. The zero-order valence-corrected chi connectivity index (χ0v) is 15.7. The summed E-state index contributed by atoms with van der Waals surface area (Å²) < 4.78 is 6.20. The van der Waals surface area contributed by atoms with Gasteiger partial charge in [0.15, 0.2) is 0 Å². The molecule has 2 N–H and O–H groups in total. The molecule has 1 aromatic heterocycles. The number of H-pyrrole nitrogens is 1. The highest BCUT2D eigenvalue weighted by Crippen LogP contribution is 2.33. The van der Waals surface area contributed by atoms with Crippen LogP contribution in [0.15, 0.2) is 36.5 Å². The molecule has 3 aromatic rings. The number of carboxylic acid groups (broad SMARTS) is 1. The van der Waals surface area contributed by atoms with Gasteiger partial charge in [0.1, 0.15) is 11.5 Å². The summed E-state index contributed by atoms with van der Waals surface area (Å²) in [7, 11) is 0. The average molecular weight is 351 g/mol. The molecule has 0 aliphatic heterocycles. The summed E-state index contributed by atoms with van der Waals surface area (Å²) in [6, 6.07) is 10.1. The van der Waals surface area contributed by atoms with Crippen LogP contribution in [0.4, 0.5) is 0 Å². The van der Waals surface area contributed by atoms with Crippen molar-refractivity contribution in [2.75, 3.05) is 0 Å². The van der Waals surface area contributed by atoms with Crippen molar-refractivity contribution in [1.29, 1.82) is 0 Å². The number of fused-ring (bicyclic) bond motifs is 1. The SMILES string of the molecule is Cc1cc(CCC(=O)O)cc(C)c1Oc1ccc2[nH]cc(C(C)C)c2c1. The van der Waals surface area contributed by atoms with Crippen LogP contribution in [0.3, 0.4) is 0 Å². The molecule has 0 saturated carbocycles. The molecule has 0 bridgehead atoms. The lowest BCUT2D eigenvalue weighted by Gasteiger charge is -2.14. The van der Waals surface area contributed by atoms with Crippen LogP contribution in [0.5, 0.6) is 11.5 Å². The van der Waals surface area contributed by atoms with Gasteiger partial charge in [-0.05, 0) is 66.6 Å². The largest absolute Gasteiger partial charge is 0.481 e. The van der Waals surface area contributed by atoms with Crippen LogP contribution in [0.1, 0.15) is 48.4 Å². The first-order valence-corrected chi connectivity index (χ1v) is 8.96. The molecule has 3 rings (SSSR count). The number of benzene rings is 2. The van der Waals surface area contributed by atoms with Gasteiger partial charge in [0.25, 0.3) is 0 Å². The lowest BCUT2D eigenvalue weighted by Crippen LogP contribution is -1.99. The van der Waals surface area contributed by atoms with Gasteiger partial charge in [-0.3, -0.25) is 4.79 Å². The molecule has 0 radical (unpaired) electrons. The van der Waals surface area contributed by atoms with E-state index >= 15 is 0 Å². The van der Waals surface area contributed by atoms with Crippen LogP contribution < -0.4 is 4.74 Å². The second-order valence-corrected chi connectivity index (χ2v) is 7.16. The Labute approximate surface area is 153 Å². The first-order valence-electron chi connectivity index (χ1n) is 8.96. The number of hydrogen-bond acceptors (Lipinski definition) is 2. The van der Waals surface area contributed by atoms with Crippen LogP contribution in [0.25, 0.3) is 10.9 Å². The van der Waals surface area contributed by atoms with Crippen LogP contribution in [-0.2, 0) is 11.2 Å². The lowest BCUT2D eigenvalue weighted by atomic mass is 10.0. The van der Waals surface area contributed by atoms with Crippen LogP contribution in [-0.4, -0.2) is 16.1 Å². The number of aryl methyl sites for hydroxylation is 3. The zero-order chi connectivity index (χ0) is 18.8. The van der Waals surface area contributed by atoms with Gasteiger partial charge >= 0.3 is 5.97 Å². The second kappa shape index (κ2) is 7.24. The fourth-order valence-electron chi connectivity index (χ4n) is 3.38. The summed E-state index contributed by atoms with van der Waals surface area (Å²) >= 11 is 0. The maximum absolute atomic E-state index is 10.8. The van der Waals surface area contributed by atoms with E-state index in [2.05, 4.69) is 31.1 Å². The molecular formula is C22H25NO3. The van der Waals surface area contributed by atoms with E-state index in [1.165, 1.54) is 10.9 Å². The van der Waals surface area contributed by atoms with Gasteiger partial charge in [0.2, 0.25) is 0 Å². The van der Waals surface area contributed by atoms with E-state index < -0.39 is 5.97 Å². The molecule has 0 aliphatic rings. The maximum Gasteiger partial charge on any atom is 0.303 e. The van der Waals surface area contributed by atoms with E-state index in [-0.39, 0.29) is 6.42 Å². The highest BCUT2D eigenvalue weighted by Gasteiger charge is 2.12. The smallest absolute Gasteiger partial charge is 0.303 e. The Bertz CT molecular complexity index is 930. The Morgan fingerprint density at radius 2 is 1.85 bits per heavy atom. The minimum Gasteiger partial charge on any atom is -0.481 e. The number of ether oxygens (including phenoxy) is 1. The number of aromatic amines is 1. The number of rotatable bonds is 6. The fourth-order valence-corrected chi connectivity index (χ4v) is 3.38. The third-order valence-corrected chi connectivity index (χ3v) is 4.67. The molecule has 0 atom stereocenters. The highest BCUT2D eigenvalue weighted by atomic mass is 16.5. The second-order valence-electron chi connectivity index (χ2n) is 7.16. The molecule has 0 fully saturated rings. The van der Waals surface area contributed by atoms with E-state index in [1.807, 2.05) is 38.1 Å². The predicted molar refractivity (Wildman–Crippen MR) is 104 cm³/mol. The maximum atomic E-state index is 10.8. The van der Waals surface area contributed by atoms with Gasteiger partial charge in [-0.15, -0.1) is 0 Å². The number of carbonyl (C=O) groups is 1. The summed E-state index contributed by atoms with van der Waals surface area (Å²) in [6.07, 6.45) is 2.73. The normalized spacial score (nSPS) is 11.3. The van der Waals surface area contributed by atoms with Gasteiger partial charge in [-0.2, -0.15) is 0 Å². The summed E-state index contributed by atoms with van der Waals surface area (Å²) in [6.45, 7) is 8.36. The Morgan fingerprint density at radius 3 is 2.46 bits per heavy atom. The van der Waals surface area contributed by atoms with Crippen molar-refractivity contribution < 1.29 is 14.6 Å². The first-order chi connectivity index (χ1) is 12.3. The van der Waals surface area contributed by atoms with Crippen molar-refractivity contribution >= 4 is 16.9 Å². The third kappa shape index (κ3) is 3.74. The molecule has 0 spiro atoms. The Kier molecular flexibility index (Phi) is 5.03. The van der Waals surface area contributed by atoms with Crippen molar-refractivity contribution in [2.45, 2.75) is 46.5 Å². The summed E-state index contributed by atoms with van der Waals surface area (Å²) in [5.41, 5.74) is 5.45. The Morgan fingerprint density at radius 1 is 1.15 bits per heavy atom. The summed E-state index contributed by atoms with van der Waals surface area (Å²) in [5.74, 6) is 1.31. The van der Waals surface area contributed by atoms with Crippen LogP contribution >= 0.6 is 0 Å². The molecular weight excluding hydrogens is 326 g/mol. The minimum absolute atomic E-state index is 0.140. The van der Waals surface area contributed by atoms with Crippen molar-refractivity contribution in [3.05, 3.63) is 58.8 Å². The van der Waals surface area contributed by atoms with Crippen LogP contribution in [0, 0.1) is 13.8 Å². The van der Waals surface area contributed by atoms with E-state index in [0.717, 1.165) is 33.7 Å². The number of nitrogens with one attached hydrogen (secondary N) is 1. The average Bonchev–Trinajstić information content (AvgIpc) is 2.99. The van der Waals surface area contributed by atoms with Gasteiger partial charge in [0, 0.05) is 23.5 Å². The lowest BCUT2D eigenvalue weighted by molar-refractivity contribution is -0.136. The van der Waals surface area contributed by atoms with Gasteiger partial charge in [0.05, 0.1) is 0 Å². The Balaban J connectivity index is 1.89. The number of carboxylic acids is 1. The predicted octanol–water partition coefficient (Wildman–Crippen LogP) is 5.72. The van der Waals surface area contributed by atoms with E-state index in [4.69, 9.17) is 9.84 Å². The van der Waals surface area contributed by atoms with E-state index in [9.17, 15) is 4.79 Å². The minimum atomic E-state index is -0.776. The molecule has 4 heteroatoms. The van der Waals surface area contributed by atoms with Gasteiger partial charge < -0.3 is 14.8 Å². The molecule has 136 valence electrons. The molecule has 2 aromatic carbocycles. The summed E-state index contributed by atoms with van der Waals surface area (Å²) in [5, 5.41) is 10.1. The van der Waals surface area contributed by atoms with Gasteiger partial charge in [-0.25, -0.2) is 0 Å². The molecule has 0 amide bonds.